The molecule has 0 aliphatic heterocycles. The van der Waals surface area contributed by atoms with E-state index in [0.29, 0.717) is 6.61 Å². The van der Waals surface area contributed by atoms with Crippen molar-refractivity contribution in [1.29, 1.82) is 0 Å². The SMILES string of the molecule is CCCNCc1ccc(OCc2ccc(Br)cc2)cn1. The van der Waals surface area contributed by atoms with Crippen molar-refractivity contribution in [3.8, 4) is 5.75 Å². The molecule has 3 nitrogen and oxygen atoms in total. The number of ether oxygens (including phenoxy) is 1. The Bertz CT molecular complexity index is 511. The van der Waals surface area contributed by atoms with Crippen molar-refractivity contribution in [2.45, 2.75) is 26.5 Å². The molecule has 0 saturated heterocycles. The van der Waals surface area contributed by atoms with Crippen LogP contribution >= 0.6 is 15.9 Å². The zero-order valence-electron chi connectivity index (χ0n) is 11.6. The maximum absolute atomic E-state index is 5.71. The van der Waals surface area contributed by atoms with Gasteiger partial charge in [-0.05, 0) is 42.8 Å². The topological polar surface area (TPSA) is 34.1 Å². The van der Waals surface area contributed by atoms with Crippen LogP contribution in [0.1, 0.15) is 24.6 Å². The lowest BCUT2D eigenvalue weighted by atomic mass is 10.2. The van der Waals surface area contributed by atoms with Crippen LogP contribution in [-0.2, 0) is 13.2 Å². The van der Waals surface area contributed by atoms with Gasteiger partial charge in [-0.15, -0.1) is 0 Å². The number of rotatable bonds is 7. The van der Waals surface area contributed by atoms with Crippen LogP contribution in [0, 0.1) is 0 Å². The van der Waals surface area contributed by atoms with Crippen LogP contribution in [0.2, 0.25) is 0 Å². The Labute approximate surface area is 128 Å². The molecule has 0 amide bonds. The summed E-state index contributed by atoms with van der Waals surface area (Å²) in [5.74, 6) is 0.798. The van der Waals surface area contributed by atoms with E-state index in [-0.39, 0.29) is 0 Å². The monoisotopic (exact) mass is 334 g/mol. The van der Waals surface area contributed by atoms with Gasteiger partial charge >= 0.3 is 0 Å². The Kier molecular flexibility index (Phi) is 6.02. The van der Waals surface area contributed by atoms with Gasteiger partial charge in [0.1, 0.15) is 12.4 Å². The minimum atomic E-state index is 0.558. The summed E-state index contributed by atoms with van der Waals surface area (Å²) >= 11 is 3.42. The third kappa shape index (κ3) is 4.94. The quantitative estimate of drug-likeness (QED) is 0.779. The van der Waals surface area contributed by atoms with Gasteiger partial charge in [0.2, 0.25) is 0 Å². The molecule has 1 aromatic heterocycles. The molecule has 0 aliphatic carbocycles. The molecular formula is C16H19BrN2O. The minimum absolute atomic E-state index is 0.558. The van der Waals surface area contributed by atoms with Gasteiger partial charge in [-0.25, -0.2) is 0 Å². The second kappa shape index (κ2) is 8.02. The van der Waals surface area contributed by atoms with Crippen molar-refractivity contribution in [2.24, 2.45) is 0 Å². The minimum Gasteiger partial charge on any atom is -0.487 e. The predicted molar refractivity (Wildman–Crippen MR) is 84.7 cm³/mol. The van der Waals surface area contributed by atoms with Crippen LogP contribution in [0.3, 0.4) is 0 Å². The molecule has 0 unspecified atom stereocenters. The molecule has 0 saturated carbocycles. The number of nitrogens with one attached hydrogen (secondary N) is 1. The first-order valence-electron chi connectivity index (χ1n) is 6.81. The molecule has 20 heavy (non-hydrogen) atoms. The first kappa shape index (κ1) is 15.0. The Morgan fingerprint density at radius 2 is 1.95 bits per heavy atom. The number of hydrogen-bond acceptors (Lipinski definition) is 3. The molecule has 0 bridgehead atoms. The van der Waals surface area contributed by atoms with Crippen molar-refractivity contribution < 1.29 is 4.74 Å². The summed E-state index contributed by atoms with van der Waals surface area (Å²) in [4.78, 5) is 4.38. The summed E-state index contributed by atoms with van der Waals surface area (Å²) in [5.41, 5.74) is 2.18. The lowest BCUT2D eigenvalue weighted by Gasteiger charge is -2.07. The highest BCUT2D eigenvalue weighted by Gasteiger charge is 1.98. The third-order valence-corrected chi connectivity index (χ3v) is 3.38. The van der Waals surface area contributed by atoms with E-state index in [9.17, 15) is 0 Å². The Morgan fingerprint density at radius 1 is 1.15 bits per heavy atom. The number of hydrogen-bond donors (Lipinski definition) is 1. The van der Waals surface area contributed by atoms with Crippen LogP contribution in [0.25, 0.3) is 0 Å². The number of aromatic nitrogens is 1. The Morgan fingerprint density at radius 3 is 2.60 bits per heavy atom. The Hall–Kier alpha value is -1.39. The molecule has 0 atom stereocenters. The summed E-state index contributed by atoms with van der Waals surface area (Å²) in [7, 11) is 0. The van der Waals surface area contributed by atoms with E-state index >= 15 is 0 Å². The molecule has 106 valence electrons. The van der Waals surface area contributed by atoms with Crippen molar-refractivity contribution >= 4 is 15.9 Å². The highest BCUT2D eigenvalue weighted by atomic mass is 79.9. The highest BCUT2D eigenvalue weighted by Crippen LogP contribution is 2.14. The van der Waals surface area contributed by atoms with Crippen LogP contribution in [0.5, 0.6) is 5.75 Å². The van der Waals surface area contributed by atoms with E-state index in [2.05, 4.69) is 33.2 Å². The third-order valence-electron chi connectivity index (χ3n) is 2.85. The smallest absolute Gasteiger partial charge is 0.138 e. The molecule has 4 heteroatoms. The van der Waals surface area contributed by atoms with Crippen LogP contribution in [0.4, 0.5) is 0 Å². The Balaban J connectivity index is 1.82. The molecule has 0 spiro atoms. The second-order valence-electron chi connectivity index (χ2n) is 4.58. The number of nitrogens with zero attached hydrogens (tertiary/aromatic N) is 1. The van der Waals surface area contributed by atoms with E-state index in [1.165, 1.54) is 0 Å². The molecule has 0 aliphatic rings. The van der Waals surface area contributed by atoms with E-state index in [4.69, 9.17) is 4.74 Å². The van der Waals surface area contributed by atoms with Gasteiger partial charge < -0.3 is 10.1 Å². The van der Waals surface area contributed by atoms with E-state index in [0.717, 1.165) is 41.0 Å². The maximum atomic E-state index is 5.71. The summed E-state index contributed by atoms with van der Waals surface area (Å²) < 4.78 is 6.79. The summed E-state index contributed by atoms with van der Waals surface area (Å²) in [6.45, 7) is 4.53. The van der Waals surface area contributed by atoms with Gasteiger partial charge in [0.05, 0.1) is 11.9 Å². The van der Waals surface area contributed by atoms with Gasteiger partial charge in [-0.3, -0.25) is 4.98 Å². The normalized spacial score (nSPS) is 10.5. The van der Waals surface area contributed by atoms with E-state index in [1.807, 2.05) is 36.4 Å². The van der Waals surface area contributed by atoms with Crippen molar-refractivity contribution in [1.82, 2.24) is 10.3 Å². The zero-order valence-corrected chi connectivity index (χ0v) is 13.2. The van der Waals surface area contributed by atoms with Crippen LogP contribution in [0.15, 0.2) is 47.1 Å². The van der Waals surface area contributed by atoms with Gasteiger partial charge in [0, 0.05) is 11.0 Å². The predicted octanol–water partition coefficient (Wildman–Crippen LogP) is 3.92. The lowest BCUT2D eigenvalue weighted by molar-refractivity contribution is 0.304. The molecular weight excluding hydrogens is 316 g/mol. The molecule has 0 fully saturated rings. The van der Waals surface area contributed by atoms with E-state index < -0.39 is 0 Å². The van der Waals surface area contributed by atoms with Gasteiger partial charge in [-0.2, -0.15) is 0 Å². The molecule has 1 N–H and O–H groups in total. The summed E-state index contributed by atoms with van der Waals surface area (Å²) in [6, 6.07) is 12.1. The average molecular weight is 335 g/mol. The fourth-order valence-electron chi connectivity index (χ4n) is 1.74. The first-order valence-corrected chi connectivity index (χ1v) is 7.60. The number of halogens is 1. The largest absolute Gasteiger partial charge is 0.487 e. The van der Waals surface area contributed by atoms with E-state index in [1.54, 1.807) is 6.20 Å². The summed E-state index contributed by atoms with van der Waals surface area (Å²) in [6.07, 6.45) is 2.91. The number of benzene rings is 1. The lowest BCUT2D eigenvalue weighted by Crippen LogP contribution is -2.14. The second-order valence-corrected chi connectivity index (χ2v) is 5.49. The number of pyridine rings is 1. The molecule has 0 radical (unpaired) electrons. The van der Waals surface area contributed by atoms with Crippen LogP contribution in [-0.4, -0.2) is 11.5 Å². The van der Waals surface area contributed by atoms with Crippen molar-refractivity contribution in [3.63, 3.8) is 0 Å². The molecule has 1 heterocycles. The maximum Gasteiger partial charge on any atom is 0.138 e. The van der Waals surface area contributed by atoms with Gasteiger partial charge in [0.15, 0.2) is 0 Å². The molecule has 2 rings (SSSR count). The highest BCUT2D eigenvalue weighted by molar-refractivity contribution is 9.10. The van der Waals surface area contributed by atoms with Gasteiger partial charge in [-0.1, -0.05) is 35.0 Å². The fraction of sp³-hybridized carbons (Fsp3) is 0.312. The summed E-state index contributed by atoms with van der Waals surface area (Å²) in [5, 5.41) is 3.33. The molecule has 1 aromatic carbocycles. The van der Waals surface area contributed by atoms with Crippen LogP contribution < -0.4 is 10.1 Å². The first-order chi connectivity index (χ1) is 9.78. The zero-order chi connectivity index (χ0) is 14.2. The fourth-order valence-corrected chi connectivity index (χ4v) is 2.01. The average Bonchev–Trinajstić information content (AvgIpc) is 2.48. The van der Waals surface area contributed by atoms with Crippen molar-refractivity contribution in [2.75, 3.05) is 6.54 Å². The van der Waals surface area contributed by atoms with Gasteiger partial charge in [0.25, 0.3) is 0 Å². The van der Waals surface area contributed by atoms with Crippen molar-refractivity contribution in [3.05, 3.63) is 58.3 Å². The standard InChI is InChI=1S/C16H19BrN2O/c1-2-9-18-10-15-7-8-16(11-19-15)20-12-13-3-5-14(17)6-4-13/h3-8,11,18H,2,9-10,12H2,1H3. The molecule has 2 aromatic rings.